The van der Waals surface area contributed by atoms with Crippen LogP contribution in [0.4, 0.5) is 9.52 Å². The van der Waals surface area contributed by atoms with Crippen LogP contribution in [0, 0.1) is 18.2 Å². The van der Waals surface area contributed by atoms with Crippen LogP contribution in [0.1, 0.15) is 29.1 Å². The fraction of sp³-hybridized carbons (Fsp3) is 0.429. The Morgan fingerprint density at radius 3 is 2.45 bits per heavy atom. The molecule has 10 heteroatoms. The highest BCUT2D eigenvalue weighted by Gasteiger charge is 2.47. The topological polar surface area (TPSA) is 66.4 Å². The maximum Gasteiger partial charge on any atom is 0.252 e. The number of halogens is 1. The average molecular weight is 479 g/mol. The van der Waals surface area contributed by atoms with E-state index in [0.717, 1.165) is 47.3 Å². The summed E-state index contributed by atoms with van der Waals surface area (Å²) >= 11 is 2.73. The number of benzene rings is 1. The first-order valence-corrected chi connectivity index (χ1v) is 13.2. The summed E-state index contributed by atoms with van der Waals surface area (Å²) in [7, 11) is -3.38. The highest BCUT2D eigenvalue weighted by atomic mass is 32.2. The number of sulfonamides is 1. The van der Waals surface area contributed by atoms with Crippen LogP contribution in [0.15, 0.2) is 40.6 Å². The molecule has 6 nitrogen and oxygen atoms in total. The van der Waals surface area contributed by atoms with Crippen molar-refractivity contribution in [2.45, 2.75) is 30.4 Å². The molecule has 2 saturated heterocycles. The van der Waals surface area contributed by atoms with Crippen LogP contribution >= 0.6 is 22.9 Å². The van der Waals surface area contributed by atoms with Gasteiger partial charge in [-0.05, 0) is 49.6 Å². The Morgan fingerprint density at radius 2 is 1.81 bits per heavy atom. The first-order chi connectivity index (χ1) is 14.8. The van der Waals surface area contributed by atoms with Gasteiger partial charge in [-0.2, -0.15) is 8.68 Å². The molecule has 0 radical (unpaired) electrons. The zero-order valence-corrected chi connectivity index (χ0v) is 19.6. The molecule has 1 aromatic carbocycles. The smallest absolute Gasteiger partial charge is 0.252 e. The molecule has 4 heterocycles. The Balaban J connectivity index is 1.17. The summed E-state index contributed by atoms with van der Waals surface area (Å²) in [5.74, 6) is 0.505. The van der Waals surface area contributed by atoms with Gasteiger partial charge in [-0.1, -0.05) is 12.1 Å². The van der Waals surface area contributed by atoms with Crippen molar-refractivity contribution in [3.8, 4) is 0 Å². The van der Waals surface area contributed by atoms with E-state index in [2.05, 4.69) is 14.3 Å². The van der Waals surface area contributed by atoms with Crippen LogP contribution in [0.2, 0.25) is 0 Å². The minimum atomic E-state index is -3.38. The molecule has 0 atom stereocenters. The van der Waals surface area contributed by atoms with Gasteiger partial charge in [-0.25, -0.2) is 17.8 Å². The highest BCUT2D eigenvalue weighted by Crippen LogP contribution is 2.44. The van der Waals surface area contributed by atoms with Crippen molar-refractivity contribution in [2.75, 3.05) is 31.1 Å². The quantitative estimate of drug-likeness (QED) is 0.556. The van der Waals surface area contributed by atoms with E-state index in [4.69, 9.17) is 0 Å². The Labute approximate surface area is 189 Å². The van der Waals surface area contributed by atoms with Crippen molar-refractivity contribution >= 4 is 38.0 Å². The predicted octanol–water partition coefficient (Wildman–Crippen LogP) is 3.93. The largest absolute Gasteiger partial charge is 0.346 e. The van der Waals surface area contributed by atoms with Crippen molar-refractivity contribution in [2.24, 2.45) is 5.41 Å². The van der Waals surface area contributed by atoms with Crippen molar-refractivity contribution in [3.05, 3.63) is 58.5 Å². The molecule has 3 aromatic rings. The molecule has 164 valence electrons. The Bertz CT molecular complexity index is 1170. The number of aryl methyl sites for hydroxylation is 1. The first-order valence-electron chi connectivity index (χ1n) is 10.2. The highest BCUT2D eigenvalue weighted by molar-refractivity contribution is 7.91. The van der Waals surface area contributed by atoms with Crippen molar-refractivity contribution in [3.63, 3.8) is 0 Å². The van der Waals surface area contributed by atoms with Crippen LogP contribution in [0.3, 0.4) is 0 Å². The van der Waals surface area contributed by atoms with Gasteiger partial charge in [-0.3, -0.25) is 0 Å². The van der Waals surface area contributed by atoms with Gasteiger partial charge in [0.2, 0.25) is 5.13 Å². The lowest BCUT2D eigenvalue weighted by molar-refractivity contribution is 0.115. The third kappa shape index (κ3) is 4.13. The zero-order chi connectivity index (χ0) is 21.6. The van der Waals surface area contributed by atoms with Gasteiger partial charge in [0.25, 0.3) is 10.0 Å². The van der Waals surface area contributed by atoms with Gasteiger partial charge >= 0.3 is 0 Å². The molecule has 0 N–H and O–H groups in total. The molecule has 0 bridgehead atoms. The monoisotopic (exact) mass is 478 g/mol. The van der Waals surface area contributed by atoms with E-state index in [1.807, 2.05) is 13.0 Å². The van der Waals surface area contributed by atoms with Gasteiger partial charge < -0.3 is 4.90 Å². The Morgan fingerprint density at radius 1 is 1.10 bits per heavy atom. The second kappa shape index (κ2) is 7.91. The van der Waals surface area contributed by atoms with Crippen LogP contribution < -0.4 is 4.90 Å². The van der Waals surface area contributed by atoms with Gasteiger partial charge in [-0.15, -0.1) is 11.3 Å². The Hall–Kier alpha value is -1.88. The number of rotatable bonds is 5. The molecule has 1 spiro atoms. The van der Waals surface area contributed by atoms with E-state index in [-0.39, 0.29) is 11.2 Å². The van der Waals surface area contributed by atoms with E-state index in [1.165, 1.54) is 35.0 Å². The maximum atomic E-state index is 13.1. The lowest BCUT2D eigenvalue weighted by Gasteiger charge is -2.53. The van der Waals surface area contributed by atoms with E-state index in [9.17, 15) is 12.8 Å². The third-order valence-corrected chi connectivity index (χ3v) is 10.3. The fourth-order valence-electron chi connectivity index (χ4n) is 4.32. The van der Waals surface area contributed by atoms with Gasteiger partial charge in [0.05, 0.1) is 0 Å². The number of hydrogen-bond donors (Lipinski definition) is 0. The Kier molecular flexibility index (Phi) is 5.36. The second-order valence-corrected chi connectivity index (χ2v) is 12.6. The molecule has 2 aliphatic rings. The number of piperidine rings is 1. The summed E-state index contributed by atoms with van der Waals surface area (Å²) in [5, 5.41) is 0.909. The van der Waals surface area contributed by atoms with E-state index < -0.39 is 10.0 Å². The molecule has 5 rings (SSSR count). The molecule has 31 heavy (non-hydrogen) atoms. The standard InChI is InChI=1S/C21H23FN4O2S3/c1-15-2-7-19(29-15)31(27,28)26-10-8-21(9-11-26)13-25(14-21)20-23-18(24-30-20)12-16-3-5-17(22)6-4-16/h2-7H,8-14H2,1H3. The number of hydrogen-bond acceptors (Lipinski definition) is 7. The minimum absolute atomic E-state index is 0.167. The van der Waals surface area contributed by atoms with Gasteiger partial charge in [0.15, 0.2) is 0 Å². The van der Waals surface area contributed by atoms with Crippen molar-refractivity contribution < 1.29 is 12.8 Å². The number of aromatic nitrogens is 2. The molecule has 0 aliphatic carbocycles. The van der Waals surface area contributed by atoms with Gasteiger partial charge in [0, 0.05) is 54.4 Å². The summed E-state index contributed by atoms with van der Waals surface area (Å²) < 4.78 is 45.3. The number of nitrogens with zero attached hydrogens (tertiary/aromatic N) is 4. The molecule has 2 fully saturated rings. The molecule has 0 saturated carbocycles. The fourth-order valence-corrected chi connectivity index (χ4v) is 7.89. The third-order valence-electron chi connectivity index (χ3n) is 6.15. The van der Waals surface area contributed by atoms with Crippen molar-refractivity contribution in [1.82, 2.24) is 13.7 Å². The SMILES string of the molecule is Cc1ccc(S(=O)(=O)N2CCC3(CC2)CN(c2nc(Cc4ccc(F)cc4)ns2)C3)s1. The van der Waals surface area contributed by atoms with Crippen LogP contribution in [-0.4, -0.2) is 48.3 Å². The van der Waals surface area contributed by atoms with E-state index in [0.29, 0.717) is 23.7 Å². The molecule has 0 unspecified atom stereocenters. The lowest BCUT2D eigenvalue weighted by atomic mass is 9.73. The van der Waals surface area contributed by atoms with Crippen LogP contribution in [-0.2, 0) is 16.4 Å². The summed E-state index contributed by atoms with van der Waals surface area (Å²) in [5.41, 5.74) is 1.15. The second-order valence-electron chi connectivity index (χ2n) is 8.42. The normalized spacial score (nSPS) is 19.0. The predicted molar refractivity (Wildman–Crippen MR) is 121 cm³/mol. The van der Waals surface area contributed by atoms with E-state index >= 15 is 0 Å². The maximum absolute atomic E-state index is 13.1. The summed E-state index contributed by atoms with van der Waals surface area (Å²) in [6, 6.07) is 9.99. The molecular weight excluding hydrogens is 455 g/mol. The lowest BCUT2D eigenvalue weighted by Crippen LogP contribution is -2.60. The number of thiophene rings is 1. The summed E-state index contributed by atoms with van der Waals surface area (Å²) in [6.45, 7) is 4.85. The summed E-state index contributed by atoms with van der Waals surface area (Å²) in [6.07, 6.45) is 2.33. The van der Waals surface area contributed by atoms with Crippen molar-refractivity contribution in [1.29, 1.82) is 0 Å². The molecule has 2 aromatic heterocycles. The first kappa shape index (κ1) is 21.0. The molecule has 0 amide bonds. The number of anilines is 1. The van der Waals surface area contributed by atoms with Gasteiger partial charge in [0.1, 0.15) is 15.9 Å². The average Bonchev–Trinajstić information content (AvgIpc) is 3.37. The molecule has 2 aliphatic heterocycles. The van der Waals surface area contributed by atoms with Crippen LogP contribution in [0.25, 0.3) is 0 Å². The molecular formula is C21H23FN4O2S3. The summed E-state index contributed by atoms with van der Waals surface area (Å²) in [4.78, 5) is 7.91. The van der Waals surface area contributed by atoms with Crippen LogP contribution in [0.5, 0.6) is 0 Å². The minimum Gasteiger partial charge on any atom is -0.346 e. The zero-order valence-electron chi connectivity index (χ0n) is 17.1. The van der Waals surface area contributed by atoms with E-state index in [1.54, 1.807) is 22.5 Å².